The lowest BCUT2D eigenvalue weighted by atomic mass is 9.90. The Morgan fingerprint density at radius 2 is 1.84 bits per heavy atom. The van der Waals surface area contributed by atoms with Crippen LogP contribution in [0.15, 0.2) is 77.7 Å². The van der Waals surface area contributed by atoms with Crippen molar-refractivity contribution in [3.8, 4) is 5.75 Å². The third kappa shape index (κ3) is 4.16. The first-order chi connectivity index (χ1) is 18.2. The molecule has 3 N–H and O–H groups in total. The number of nitro benzene ring substituents is 1. The van der Waals surface area contributed by atoms with Crippen LogP contribution in [0.5, 0.6) is 5.75 Å². The van der Waals surface area contributed by atoms with Crippen LogP contribution in [0, 0.1) is 10.1 Å². The number of hydrogen-bond acceptors (Lipinski definition) is 8. The normalized spacial score (nSPS) is 22.3. The summed E-state index contributed by atoms with van der Waals surface area (Å²) in [5.74, 6) is -0.417. The van der Waals surface area contributed by atoms with E-state index in [0.29, 0.717) is 17.7 Å². The molecule has 38 heavy (non-hydrogen) atoms. The fourth-order valence-corrected chi connectivity index (χ4v) is 7.20. The number of carbonyl (C=O) groups is 1. The number of aromatic hydroxyl groups is 1. The molecule has 2 aliphatic rings. The highest BCUT2D eigenvalue weighted by Gasteiger charge is 2.64. The summed E-state index contributed by atoms with van der Waals surface area (Å²) in [4.78, 5) is 24.0. The van der Waals surface area contributed by atoms with Crippen LogP contribution in [0.25, 0.3) is 0 Å². The summed E-state index contributed by atoms with van der Waals surface area (Å²) < 4.78 is 35.1. The van der Waals surface area contributed by atoms with Crippen molar-refractivity contribution in [3.63, 3.8) is 0 Å². The third-order valence-corrected chi connectivity index (χ3v) is 9.03. The number of sulfonamides is 1. The molecule has 2 aliphatic heterocycles. The smallest absolute Gasteiger partial charge is 0.289 e. The standard InChI is InChI=1S/C26H26N4O7S/c1-37-26-16-22(24(32)27-15-14-17-10-12-18(31)13-11-17)29(25(26)28-20-7-3-2-6-19(20)26)38(35,36)23-9-5-4-8-21(23)30(33)34/h2-13,22,25,28,31H,14-16H2,1H3,(H,27,32)/t22-,25+,26-/m1/s1. The Morgan fingerprint density at radius 1 is 1.16 bits per heavy atom. The molecule has 0 saturated carbocycles. The molecule has 2 heterocycles. The number of phenols is 1. The SMILES string of the molecule is CO[C@@]12C[C@H](C(=O)NCCc3ccc(O)cc3)N(S(=O)(=O)c3ccccc3[N+](=O)[O-])[C@@H]1Nc1ccccc12. The van der Waals surface area contributed by atoms with Crippen LogP contribution in [0.4, 0.5) is 11.4 Å². The second kappa shape index (κ2) is 9.71. The number of para-hydroxylation sites is 2. The largest absolute Gasteiger partial charge is 0.508 e. The van der Waals surface area contributed by atoms with Gasteiger partial charge in [0.25, 0.3) is 15.7 Å². The molecular weight excluding hydrogens is 512 g/mol. The second-order valence-corrected chi connectivity index (χ2v) is 11.0. The van der Waals surface area contributed by atoms with Gasteiger partial charge in [-0.15, -0.1) is 0 Å². The van der Waals surface area contributed by atoms with Gasteiger partial charge < -0.3 is 20.5 Å². The number of anilines is 1. The molecule has 3 aromatic rings. The molecular formula is C26H26N4O7S. The van der Waals surface area contributed by atoms with E-state index < -0.39 is 49.2 Å². The number of benzene rings is 3. The van der Waals surface area contributed by atoms with E-state index in [9.17, 15) is 28.4 Å². The summed E-state index contributed by atoms with van der Waals surface area (Å²) in [6, 6.07) is 17.6. The van der Waals surface area contributed by atoms with Crippen molar-refractivity contribution in [1.82, 2.24) is 9.62 Å². The molecule has 0 radical (unpaired) electrons. The van der Waals surface area contributed by atoms with E-state index in [1.54, 1.807) is 42.5 Å². The molecule has 198 valence electrons. The molecule has 3 aromatic carbocycles. The lowest BCUT2D eigenvalue weighted by molar-refractivity contribution is -0.387. The van der Waals surface area contributed by atoms with Gasteiger partial charge in [0.1, 0.15) is 23.6 Å². The fraction of sp³-hybridized carbons (Fsp3) is 0.269. The van der Waals surface area contributed by atoms with Gasteiger partial charge in [0.15, 0.2) is 4.90 Å². The van der Waals surface area contributed by atoms with Gasteiger partial charge in [-0.05, 0) is 36.2 Å². The minimum Gasteiger partial charge on any atom is -0.508 e. The van der Waals surface area contributed by atoms with Crippen LogP contribution >= 0.6 is 0 Å². The molecule has 0 unspecified atom stereocenters. The Hall–Kier alpha value is -4.00. The van der Waals surface area contributed by atoms with Crippen molar-refractivity contribution in [2.75, 3.05) is 19.0 Å². The number of amides is 1. The van der Waals surface area contributed by atoms with Gasteiger partial charge in [0.2, 0.25) is 5.91 Å². The number of phenolic OH excluding ortho intramolecular Hbond substituents is 1. The van der Waals surface area contributed by atoms with Crippen LogP contribution in [-0.2, 0) is 31.6 Å². The molecule has 11 nitrogen and oxygen atoms in total. The van der Waals surface area contributed by atoms with Gasteiger partial charge in [0, 0.05) is 37.4 Å². The summed E-state index contributed by atoms with van der Waals surface area (Å²) in [6.45, 7) is 0.216. The summed E-state index contributed by atoms with van der Waals surface area (Å²) in [7, 11) is -3.09. The number of nitrogens with one attached hydrogen (secondary N) is 2. The monoisotopic (exact) mass is 538 g/mol. The lowest BCUT2D eigenvalue weighted by Gasteiger charge is -2.31. The van der Waals surface area contributed by atoms with E-state index in [1.807, 2.05) is 6.07 Å². The Labute approximate surface area is 219 Å². The minimum atomic E-state index is -4.55. The molecule has 0 aliphatic carbocycles. The Kier molecular flexibility index (Phi) is 6.55. The maximum Gasteiger partial charge on any atom is 0.289 e. The summed E-state index contributed by atoms with van der Waals surface area (Å²) >= 11 is 0. The van der Waals surface area contributed by atoms with Crippen molar-refractivity contribution in [3.05, 3.63) is 94.0 Å². The van der Waals surface area contributed by atoms with Crippen LogP contribution in [0.3, 0.4) is 0 Å². The first-order valence-corrected chi connectivity index (χ1v) is 13.4. The lowest BCUT2D eigenvalue weighted by Crippen LogP contribution is -2.52. The molecule has 1 amide bonds. The van der Waals surface area contributed by atoms with Gasteiger partial charge >= 0.3 is 0 Å². The topological polar surface area (TPSA) is 151 Å². The van der Waals surface area contributed by atoms with E-state index >= 15 is 0 Å². The highest BCUT2D eigenvalue weighted by atomic mass is 32.2. The Morgan fingerprint density at radius 3 is 2.55 bits per heavy atom. The van der Waals surface area contributed by atoms with E-state index in [-0.39, 0.29) is 18.7 Å². The molecule has 0 aromatic heterocycles. The first kappa shape index (κ1) is 25.6. The van der Waals surface area contributed by atoms with Crippen molar-refractivity contribution in [2.24, 2.45) is 0 Å². The van der Waals surface area contributed by atoms with E-state index in [4.69, 9.17) is 4.74 Å². The fourth-order valence-electron chi connectivity index (χ4n) is 5.31. The predicted octanol–water partition coefficient (Wildman–Crippen LogP) is 2.72. The Bertz CT molecular complexity index is 1500. The van der Waals surface area contributed by atoms with E-state index in [1.165, 1.54) is 25.3 Å². The quantitative estimate of drug-likeness (QED) is 0.293. The second-order valence-electron chi connectivity index (χ2n) is 9.17. The zero-order valence-electron chi connectivity index (χ0n) is 20.4. The van der Waals surface area contributed by atoms with Crippen LogP contribution in [0.2, 0.25) is 0 Å². The van der Waals surface area contributed by atoms with Gasteiger partial charge in [-0.2, -0.15) is 4.31 Å². The highest BCUT2D eigenvalue weighted by molar-refractivity contribution is 7.89. The number of hydrogen-bond donors (Lipinski definition) is 3. The first-order valence-electron chi connectivity index (χ1n) is 11.9. The van der Waals surface area contributed by atoms with Crippen LogP contribution < -0.4 is 10.6 Å². The minimum absolute atomic E-state index is 0.00306. The summed E-state index contributed by atoms with van der Waals surface area (Å²) in [5, 5.41) is 27.2. The van der Waals surface area contributed by atoms with Gasteiger partial charge in [-0.3, -0.25) is 14.9 Å². The summed E-state index contributed by atoms with van der Waals surface area (Å²) in [5.41, 5.74) is 0.471. The molecule has 0 spiro atoms. The number of nitrogens with zero attached hydrogens (tertiary/aromatic N) is 2. The average Bonchev–Trinajstić information content (AvgIpc) is 3.41. The molecule has 0 bridgehead atoms. The van der Waals surface area contributed by atoms with Crippen molar-refractivity contribution in [1.29, 1.82) is 0 Å². The molecule has 1 fully saturated rings. The van der Waals surface area contributed by atoms with Gasteiger partial charge in [-0.1, -0.05) is 42.5 Å². The molecule has 12 heteroatoms. The number of fused-ring (bicyclic) bond motifs is 3. The van der Waals surface area contributed by atoms with E-state index in [2.05, 4.69) is 10.6 Å². The maximum absolute atomic E-state index is 14.1. The number of rotatable bonds is 8. The Balaban J connectivity index is 1.52. The number of carbonyl (C=O) groups excluding carboxylic acids is 1. The highest BCUT2D eigenvalue weighted by Crippen LogP contribution is 2.53. The third-order valence-electron chi connectivity index (χ3n) is 7.11. The zero-order valence-corrected chi connectivity index (χ0v) is 21.2. The van der Waals surface area contributed by atoms with Crippen molar-refractivity contribution < 1.29 is 28.0 Å². The summed E-state index contributed by atoms with van der Waals surface area (Å²) in [6.07, 6.45) is -0.555. The number of methoxy groups -OCH3 is 1. The van der Waals surface area contributed by atoms with Crippen molar-refractivity contribution >= 4 is 27.3 Å². The number of nitro groups is 1. The van der Waals surface area contributed by atoms with Crippen LogP contribution in [0.1, 0.15) is 17.5 Å². The van der Waals surface area contributed by atoms with Gasteiger partial charge in [-0.25, -0.2) is 8.42 Å². The van der Waals surface area contributed by atoms with E-state index in [0.717, 1.165) is 15.9 Å². The molecule has 5 rings (SSSR count). The van der Waals surface area contributed by atoms with Crippen molar-refractivity contribution in [2.45, 2.75) is 35.5 Å². The molecule has 3 atom stereocenters. The average molecular weight is 539 g/mol. The predicted molar refractivity (Wildman–Crippen MR) is 138 cm³/mol. The zero-order chi connectivity index (χ0) is 27.1. The van der Waals surface area contributed by atoms with Crippen LogP contribution in [-0.4, -0.2) is 54.5 Å². The van der Waals surface area contributed by atoms with Gasteiger partial charge in [0.05, 0.1) is 4.92 Å². The number of ether oxygens (including phenoxy) is 1. The molecule has 1 saturated heterocycles. The maximum atomic E-state index is 14.1.